The van der Waals surface area contributed by atoms with Crippen LogP contribution in [0.2, 0.25) is 0 Å². The molecule has 1 unspecified atom stereocenters. The van der Waals surface area contributed by atoms with Gasteiger partial charge in [0.05, 0.1) is 10.5 Å². The van der Waals surface area contributed by atoms with Gasteiger partial charge >= 0.3 is 6.03 Å². The lowest BCUT2D eigenvalue weighted by atomic mass is 9.81. The van der Waals surface area contributed by atoms with Gasteiger partial charge in [0.2, 0.25) is 0 Å². The van der Waals surface area contributed by atoms with Gasteiger partial charge in [0.1, 0.15) is 0 Å². The topological polar surface area (TPSA) is 61.9 Å². The van der Waals surface area contributed by atoms with Crippen molar-refractivity contribution in [2.24, 2.45) is 0 Å². The average molecular weight is 406 g/mol. The number of carbonyl (C=O) groups is 2. The van der Waals surface area contributed by atoms with Crippen molar-refractivity contribution in [2.75, 3.05) is 19.7 Å². The van der Waals surface area contributed by atoms with Crippen LogP contribution in [0, 0.1) is 0 Å². The number of amides is 3. The third-order valence-corrected chi connectivity index (χ3v) is 7.00. The highest BCUT2D eigenvalue weighted by Gasteiger charge is 2.46. The number of hydrogen-bond acceptors (Lipinski definition) is 4. The summed E-state index contributed by atoms with van der Waals surface area (Å²) in [5.41, 5.74) is -0.194. The van der Waals surface area contributed by atoms with E-state index in [9.17, 15) is 9.59 Å². The Balaban J connectivity index is 1.39. The van der Waals surface area contributed by atoms with Crippen molar-refractivity contribution in [3.8, 4) is 0 Å². The summed E-state index contributed by atoms with van der Waals surface area (Å²) in [7, 11) is 0. The Morgan fingerprint density at radius 1 is 1.25 bits per heavy atom. The second-order valence-corrected chi connectivity index (χ2v) is 9.64. The summed E-state index contributed by atoms with van der Waals surface area (Å²) in [4.78, 5) is 30.3. The molecule has 3 fully saturated rings. The van der Waals surface area contributed by atoms with E-state index in [0.717, 1.165) is 56.5 Å². The zero-order valence-corrected chi connectivity index (χ0v) is 17.7. The molecular weight excluding hydrogens is 374 g/mol. The van der Waals surface area contributed by atoms with E-state index in [1.807, 2.05) is 36.3 Å². The second kappa shape index (κ2) is 8.03. The van der Waals surface area contributed by atoms with Crippen LogP contribution in [0.3, 0.4) is 0 Å². The van der Waals surface area contributed by atoms with Crippen molar-refractivity contribution < 1.29 is 14.3 Å². The number of ether oxygens (including phenoxy) is 1. The van der Waals surface area contributed by atoms with Crippen LogP contribution in [0.4, 0.5) is 4.79 Å². The number of urea groups is 1. The van der Waals surface area contributed by atoms with Crippen molar-refractivity contribution >= 4 is 23.3 Å². The maximum Gasteiger partial charge on any atom is 0.318 e. The van der Waals surface area contributed by atoms with E-state index in [1.165, 1.54) is 11.3 Å². The van der Waals surface area contributed by atoms with Crippen LogP contribution in [0.1, 0.15) is 62.0 Å². The van der Waals surface area contributed by atoms with Gasteiger partial charge in [-0.1, -0.05) is 6.07 Å². The summed E-state index contributed by atoms with van der Waals surface area (Å²) < 4.78 is 6.27. The van der Waals surface area contributed by atoms with Gasteiger partial charge in [-0.05, 0) is 63.8 Å². The van der Waals surface area contributed by atoms with Crippen LogP contribution in [0.15, 0.2) is 17.5 Å². The molecule has 0 bridgehead atoms. The third-order valence-electron chi connectivity index (χ3n) is 6.14. The van der Waals surface area contributed by atoms with Crippen molar-refractivity contribution in [1.82, 2.24) is 15.1 Å². The minimum atomic E-state index is -0.194. The van der Waals surface area contributed by atoms with Crippen LogP contribution in [0.25, 0.3) is 0 Å². The first-order valence-corrected chi connectivity index (χ1v) is 11.4. The molecule has 6 nitrogen and oxygen atoms in total. The van der Waals surface area contributed by atoms with E-state index in [0.29, 0.717) is 12.6 Å². The van der Waals surface area contributed by atoms with Gasteiger partial charge in [0.15, 0.2) is 0 Å². The molecule has 3 aliphatic rings. The summed E-state index contributed by atoms with van der Waals surface area (Å²) in [5, 5.41) is 5.03. The lowest BCUT2D eigenvalue weighted by molar-refractivity contribution is -0.126. The van der Waals surface area contributed by atoms with Gasteiger partial charge in [-0.3, -0.25) is 4.79 Å². The highest BCUT2D eigenvalue weighted by Crippen LogP contribution is 2.40. The van der Waals surface area contributed by atoms with Crippen molar-refractivity contribution in [3.63, 3.8) is 0 Å². The van der Waals surface area contributed by atoms with Gasteiger partial charge in [-0.25, -0.2) is 4.79 Å². The molecule has 2 saturated heterocycles. The van der Waals surface area contributed by atoms with Gasteiger partial charge in [-0.15, -0.1) is 11.3 Å². The number of rotatable bonds is 4. The highest BCUT2D eigenvalue weighted by molar-refractivity contribution is 7.12. The van der Waals surface area contributed by atoms with Gasteiger partial charge < -0.3 is 19.9 Å². The minimum Gasteiger partial charge on any atom is -0.375 e. The molecule has 7 heteroatoms. The molecule has 28 heavy (non-hydrogen) atoms. The highest BCUT2D eigenvalue weighted by atomic mass is 32.1. The molecule has 1 aromatic heterocycles. The largest absolute Gasteiger partial charge is 0.375 e. The van der Waals surface area contributed by atoms with E-state index in [4.69, 9.17) is 4.74 Å². The summed E-state index contributed by atoms with van der Waals surface area (Å²) in [6.45, 7) is 6.17. The fourth-order valence-corrected chi connectivity index (χ4v) is 5.26. The van der Waals surface area contributed by atoms with Crippen molar-refractivity contribution in [3.05, 3.63) is 22.4 Å². The van der Waals surface area contributed by atoms with E-state index in [2.05, 4.69) is 10.2 Å². The number of nitrogens with zero attached hydrogens (tertiary/aromatic N) is 2. The molecular formula is C21H31N3O3S. The van der Waals surface area contributed by atoms with Crippen LogP contribution >= 0.6 is 11.3 Å². The van der Waals surface area contributed by atoms with Crippen LogP contribution in [-0.4, -0.2) is 65.2 Å². The third kappa shape index (κ3) is 4.20. The normalized spacial score (nSPS) is 24.4. The molecule has 3 heterocycles. The molecule has 0 aromatic carbocycles. The Labute approximate surface area is 171 Å². The summed E-state index contributed by atoms with van der Waals surface area (Å²) >= 11 is 1.50. The Morgan fingerprint density at radius 2 is 2.00 bits per heavy atom. The number of thiophene rings is 1. The summed E-state index contributed by atoms with van der Waals surface area (Å²) in [5.74, 6) is 0.133. The van der Waals surface area contributed by atoms with Crippen LogP contribution in [0.5, 0.6) is 0 Å². The maximum atomic E-state index is 12.8. The molecule has 1 saturated carbocycles. The Kier molecular flexibility index (Phi) is 5.65. The van der Waals surface area contributed by atoms with E-state index < -0.39 is 0 Å². The molecule has 1 spiro atoms. The predicted octanol–water partition coefficient (Wildman–Crippen LogP) is 3.48. The minimum absolute atomic E-state index is 0.0739. The number of carbonyl (C=O) groups excluding carboxylic acids is 2. The Bertz CT molecular complexity index is 694. The molecule has 1 N–H and O–H groups in total. The number of piperidine rings is 1. The lowest BCUT2D eigenvalue weighted by Crippen LogP contribution is -2.57. The quantitative estimate of drug-likeness (QED) is 0.834. The molecule has 4 rings (SSSR count). The fraction of sp³-hybridized carbons (Fsp3) is 0.714. The first kappa shape index (κ1) is 19.7. The lowest BCUT2D eigenvalue weighted by Gasteiger charge is -2.48. The van der Waals surface area contributed by atoms with Crippen molar-refractivity contribution in [1.29, 1.82) is 0 Å². The average Bonchev–Trinajstić information content (AvgIpc) is 3.32. The van der Waals surface area contributed by atoms with Crippen LogP contribution < -0.4 is 5.32 Å². The molecule has 0 radical (unpaired) electrons. The molecule has 1 atom stereocenters. The van der Waals surface area contributed by atoms with Crippen LogP contribution in [-0.2, 0) is 4.74 Å². The first-order chi connectivity index (χ1) is 13.5. The zero-order chi connectivity index (χ0) is 19.7. The van der Waals surface area contributed by atoms with Gasteiger partial charge in [0, 0.05) is 37.8 Å². The van der Waals surface area contributed by atoms with Gasteiger partial charge in [-0.2, -0.15) is 0 Å². The maximum absolute atomic E-state index is 12.8. The number of likely N-dealkylation sites (tertiary alicyclic amines) is 1. The number of hydrogen-bond donors (Lipinski definition) is 1. The predicted molar refractivity (Wildman–Crippen MR) is 110 cm³/mol. The smallest absolute Gasteiger partial charge is 0.318 e. The molecule has 3 amide bonds. The molecule has 154 valence electrons. The summed E-state index contributed by atoms with van der Waals surface area (Å²) in [6, 6.07) is 4.66. The van der Waals surface area contributed by atoms with Crippen molar-refractivity contribution in [2.45, 2.75) is 76.1 Å². The summed E-state index contributed by atoms with van der Waals surface area (Å²) in [6.07, 6.45) is 5.71. The number of nitrogens with one attached hydrogen (secondary N) is 1. The monoisotopic (exact) mass is 405 g/mol. The van der Waals surface area contributed by atoms with E-state index in [-0.39, 0.29) is 29.6 Å². The first-order valence-electron chi connectivity index (χ1n) is 10.5. The Hall–Kier alpha value is -1.60. The zero-order valence-electron chi connectivity index (χ0n) is 16.9. The molecule has 1 aromatic rings. The molecule has 2 aliphatic heterocycles. The van der Waals surface area contributed by atoms with E-state index in [1.54, 1.807) is 0 Å². The standard InChI is InChI=1S/C21H31N3O3S/c1-15(2)22-20(26)24(16-5-6-16)17-7-12-27-21(14-17)8-10-23(11-9-21)19(25)18-4-3-13-28-18/h3-4,13,15-17H,5-12,14H2,1-2H3,(H,22,26). The second-order valence-electron chi connectivity index (χ2n) is 8.69. The fourth-order valence-electron chi connectivity index (χ4n) is 4.57. The van der Waals surface area contributed by atoms with E-state index >= 15 is 0 Å². The Morgan fingerprint density at radius 3 is 2.61 bits per heavy atom. The molecule has 1 aliphatic carbocycles. The SMILES string of the molecule is CC(C)NC(=O)N(C1CC1)C1CCOC2(CCN(C(=O)c3cccs3)CC2)C1. The van der Waals surface area contributed by atoms with Gasteiger partial charge in [0.25, 0.3) is 5.91 Å².